The van der Waals surface area contributed by atoms with Gasteiger partial charge in [0.1, 0.15) is 23.4 Å². The van der Waals surface area contributed by atoms with E-state index in [9.17, 15) is 19.8 Å². The average molecular weight is 459 g/mol. The van der Waals surface area contributed by atoms with E-state index in [0.717, 1.165) is 0 Å². The Kier molecular flexibility index (Phi) is 7.29. The second-order valence-corrected chi connectivity index (χ2v) is 11.0. The molecule has 0 saturated carbocycles. The smallest absolute Gasteiger partial charge is 0.410 e. The van der Waals surface area contributed by atoms with Crippen LogP contribution in [0.5, 0.6) is 0 Å². The van der Waals surface area contributed by atoms with Crippen molar-refractivity contribution in [3.05, 3.63) is 0 Å². The molecule has 0 radical (unpaired) electrons. The van der Waals surface area contributed by atoms with Gasteiger partial charge in [0.25, 0.3) is 0 Å². The Bertz CT molecular complexity index is 602. The fraction of sp³-hybridized carbons (Fsp3) is 0.909. The standard InChI is InChI=1S/2C11H19NO4/c2*1-11(2,3)16-10(14)12-4-7-6-15-8(5-12)9(7)13/h2*7-9,13H,4-6H2,1-3H3/t2*7-,8-,9-/m10/s1. The Morgan fingerprint density at radius 1 is 0.719 bits per heavy atom. The molecule has 2 N–H and O–H groups in total. The van der Waals surface area contributed by atoms with Crippen molar-refractivity contribution in [2.24, 2.45) is 11.8 Å². The van der Waals surface area contributed by atoms with Gasteiger partial charge >= 0.3 is 12.2 Å². The maximum Gasteiger partial charge on any atom is 0.410 e. The zero-order valence-corrected chi connectivity index (χ0v) is 19.9. The fourth-order valence-corrected chi connectivity index (χ4v) is 4.24. The van der Waals surface area contributed by atoms with Crippen LogP contribution in [0.3, 0.4) is 0 Å². The highest BCUT2D eigenvalue weighted by atomic mass is 16.6. The fourth-order valence-electron chi connectivity index (χ4n) is 4.24. The second kappa shape index (κ2) is 9.32. The molecule has 2 amide bonds. The number of carbonyl (C=O) groups is 2. The average Bonchev–Trinajstić information content (AvgIpc) is 3.00. The summed E-state index contributed by atoms with van der Waals surface area (Å²) < 4.78 is 21.4. The van der Waals surface area contributed by atoms with Gasteiger partial charge in [-0.2, -0.15) is 0 Å². The minimum atomic E-state index is -0.479. The number of likely N-dealkylation sites (tertiary alicyclic amines) is 2. The van der Waals surface area contributed by atoms with Crippen LogP contribution in [0, 0.1) is 11.8 Å². The van der Waals surface area contributed by atoms with Gasteiger partial charge in [-0.25, -0.2) is 9.59 Å². The molecule has 4 saturated heterocycles. The van der Waals surface area contributed by atoms with Gasteiger partial charge in [0, 0.05) is 24.9 Å². The van der Waals surface area contributed by atoms with E-state index in [1.807, 2.05) is 41.5 Å². The monoisotopic (exact) mass is 458 g/mol. The maximum absolute atomic E-state index is 11.8. The molecule has 0 aromatic rings. The zero-order chi connectivity index (χ0) is 23.8. The third-order valence-corrected chi connectivity index (χ3v) is 5.79. The number of nitrogens with zero attached hydrogens (tertiary/aromatic N) is 2. The van der Waals surface area contributed by atoms with Crippen LogP contribution in [0.25, 0.3) is 0 Å². The molecule has 4 fully saturated rings. The van der Waals surface area contributed by atoms with E-state index in [1.54, 1.807) is 9.80 Å². The Morgan fingerprint density at radius 3 is 1.34 bits per heavy atom. The summed E-state index contributed by atoms with van der Waals surface area (Å²) in [5, 5.41) is 19.5. The van der Waals surface area contributed by atoms with Crippen LogP contribution in [-0.2, 0) is 18.9 Å². The van der Waals surface area contributed by atoms with Crippen molar-refractivity contribution < 1.29 is 38.7 Å². The van der Waals surface area contributed by atoms with Crippen LogP contribution < -0.4 is 0 Å². The molecule has 4 heterocycles. The Labute approximate surface area is 189 Å². The summed E-state index contributed by atoms with van der Waals surface area (Å²) in [6.45, 7) is 14.0. The summed E-state index contributed by atoms with van der Waals surface area (Å²) in [7, 11) is 0. The number of rotatable bonds is 0. The number of piperidine rings is 2. The van der Waals surface area contributed by atoms with Crippen molar-refractivity contribution in [2.45, 2.75) is 77.2 Å². The molecule has 184 valence electrons. The van der Waals surface area contributed by atoms with E-state index in [-0.39, 0.29) is 36.2 Å². The van der Waals surface area contributed by atoms with Gasteiger partial charge in [0.2, 0.25) is 0 Å². The molecule has 6 atom stereocenters. The minimum Gasteiger partial charge on any atom is -0.444 e. The molecule has 4 aliphatic rings. The Morgan fingerprint density at radius 2 is 1.06 bits per heavy atom. The van der Waals surface area contributed by atoms with Crippen LogP contribution in [0.2, 0.25) is 0 Å². The van der Waals surface area contributed by atoms with E-state index in [0.29, 0.717) is 39.4 Å². The summed E-state index contributed by atoms with van der Waals surface area (Å²) in [5.41, 5.74) is -0.958. The first-order valence-corrected chi connectivity index (χ1v) is 11.3. The predicted octanol–water partition coefficient (Wildman–Crippen LogP) is 1.23. The number of fused-ring (bicyclic) bond motifs is 4. The summed E-state index contributed by atoms with van der Waals surface area (Å²) >= 11 is 0. The van der Waals surface area contributed by atoms with E-state index < -0.39 is 23.4 Å². The van der Waals surface area contributed by atoms with Gasteiger partial charge in [-0.15, -0.1) is 0 Å². The van der Waals surface area contributed by atoms with Crippen LogP contribution in [0.15, 0.2) is 0 Å². The lowest BCUT2D eigenvalue weighted by Crippen LogP contribution is -2.51. The quantitative estimate of drug-likeness (QED) is 0.557. The molecule has 10 heteroatoms. The largest absolute Gasteiger partial charge is 0.444 e. The molecule has 0 aromatic carbocycles. The first-order valence-electron chi connectivity index (χ1n) is 11.3. The molecule has 0 unspecified atom stereocenters. The van der Waals surface area contributed by atoms with E-state index >= 15 is 0 Å². The highest BCUT2D eigenvalue weighted by molar-refractivity contribution is 5.69. The molecule has 0 spiro atoms. The van der Waals surface area contributed by atoms with E-state index in [1.165, 1.54) is 0 Å². The Balaban J connectivity index is 0.000000181. The summed E-state index contributed by atoms with van der Waals surface area (Å²) in [4.78, 5) is 26.9. The van der Waals surface area contributed by atoms with Crippen LogP contribution in [0.1, 0.15) is 41.5 Å². The molecular weight excluding hydrogens is 420 g/mol. The first-order chi connectivity index (χ1) is 14.7. The molecule has 32 heavy (non-hydrogen) atoms. The lowest BCUT2D eigenvalue weighted by Gasteiger charge is -2.34. The van der Waals surface area contributed by atoms with Crippen LogP contribution in [-0.4, -0.2) is 107 Å². The van der Waals surface area contributed by atoms with Crippen molar-refractivity contribution in [1.82, 2.24) is 9.80 Å². The lowest BCUT2D eigenvalue weighted by atomic mass is 9.97. The topological polar surface area (TPSA) is 118 Å². The van der Waals surface area contributed by atoms with Crippen molar-refractivity contribution in [3.63, 3.8) is 0 Å². The van der Waals surface area contributed by atoms with E-state index in [2.05, 4.69) is 0 Å². The molecule has 10 nitrogen and oxygen atoms in total. The SMILES string of the molecule is CC(C)(C)OC(=O)N1C[C@@H]2CO[C@H](C1)[C@@H]2O.CC(C)(C)OC(=O)N1C[C@H]2CO[C@@H](C1)[C@H]2O. The summed E-state index contributed by atoms with van der Waals surface area (Å²) in [6.07, 6.45) is -1.99. The summed E-state index contributed by atoms with van der Waals surface area (Å²) in [6, 6.07) is 0. The zero-order valence-electron chi connectivity index (χ0n) is 19.9. The third-order valence-electron chi connectivity index (χ3n) is 5.79. The third kappa shape index (κ3) is 6.24. The van der Waals surface area contributed by atoms with Gasteiger partial charge < -0.3 is 39.0 Å². The first kappa shape index (κ1) is 25.0. The Hall–Kier alpha value is -1.62. The van der Waals surface area contributed by atoms with Crippen molar-refractivity contribution in [1.29, 1.82) is 0 Å². The highest BCUT2D eigenvalue weighted by Crippen LogP contribution is 2.29. The van der Waals surface area contributed by atoms with E-state index in [4.69, 9.17) is 18.9 Å². The minimum absolute atomic E-state index is 0.0336. The second-order valence-electron chi connectivity index (χ2n) is 11.0. The molecule has 4 aliphatic heterocycles. The van der Waals surface area contributed by atoms with Gasteiger partial charge in [-0.1, -0.05) is 0 Å². The molecule has 4 bridgehead atoms. The molecule has 0 aliphatic carbocycles. The number of aliphatic hydroxyl groups excluding tert-OH is 2. The van der Waals surface area contributed by atoms with Crippen LogP contribution in [0.4, 0.5) is 9.59 Å². The van der Waals surface area contributed by atoms with Crippen molar-refractivity contribution in [2.75, 3.05) is 39.4 Å². The number of hydrogen-bond donors (Lipinski definition) is 2. The number of aliphatic hydroxyl groups is 2. The van der Waals surface area contributed by atoms with Crippen molar-refractivity contribution >= 4 is 12.2 Å². The maximum atomic E-state index is 11.8. The molecular formula is C22H38N2O8. The highest BCUT2D eigenvalue weighted by Gasteiger charge is 2.45. The number of hydrogen-bond acceptors (Lipinski definition) is 8. The van der Waals surface area contributed by atoms with Gasteiger partial charge in [0.15, 0.2) is 0 Å². The van der Waals surface area contributed by atoms with Crippen molar-refractivity contribution in [3.8, 4) is 0 Å². The molecule has 0 aromatic heterocycles. The van der Waals surface area contributed by atoms with Gasteiger partial charge in [0.05, 0.1) is 38.5 Å². The summed E-state index contributed by atoms with van der Waals surface area (Å²) in [5.74, 6) is 0.0672. The number of carbonyl (C=O) groups excluding carboxylic acids is 2. The van der Waals surface area contributed by atoms with Gasteiger partial charge in [-0.05, 0) is 41.5 Å². The van der Waals surface area contributed by atoms with Gasteiger partial charge in [-0.3, -0.25) is 0 Å². The normalized spacial score (nSPS) is 34.0. The van der Waals surface area contributed by atoms with Crippen LogP contribution >= 0.6 is 0 Å². The molecule has 4 rings (SSSR count). The lowest BCUT2D eigenvalue weighted by molar-refractivity contribution is -0.0256. The predicted molar refractivity (Wildman–Crippen MR) is 114 cm³/mol. The number of amides is 2. The number of ether oxygens (including phenoxy) is 4.